The molecule has 0 radical (unpaired) electrons. The Kier molecular flexibility index (Phi) is 3.11. The number of rotatable bonds is 3. The summed E-state index contributed by atoms with van der Waals surface area (Å²) in [5.74, 6) is 0. The van der Waals surface area contributed by atoms with Crippen molar-refractivity contribution in [2.75, 3.05) is 6.54 Å². The molecular formula is C6H12ClN3O. The molecule has 0 spiro atoms. The Morgan fingerprint density at radius 1 is 2.00 bits per heavy atom. The van der Waals surface area contributed by atoms with Crippen LogP contribution in [0.3, 0.4) is 0 Å². The van der Waals surface area contributed by atoms with Crippen LogP contribution in [0.1, 0.15) is 13.3 Å². The van der Waals surface area contributed by atoms with Gasteiger partial charge in [-0.15, -0.1) is 0 Å². The molecule has 2 unspecified atom stereocenters. The van der Waals surface area contributed by atoms with Crippen LogP contribution in [0.5, 0.6) is 0 Å². The van der Waals surface area contributed by atoms with Gasteiger partial charge >= 0.3 is 0 Å². The van der Waals surface area contributed by atoms with Gasteiger partial charge < -0.3 is 5.11 Å². The molecule has 1 aliphatic rings. The number of aliphatic hydroxyl groups excluding tert-OH is 1. The molecule has 4 nitrogen and oxygen atoms in total. The van der Waals surface area contributed by atoms with Crippen molar-refractivity contribution in [3.05, 3.63) is 0 Å². The topological polar surface area (TPSA) is 47.9 Å². The summed E-state index contributed by atoms with van der Waals surface area (Å²) in [6.07, 6.45) is 2.64. The van der Waals surface area contributed by atoms with E-state index < -0.39 is 5.69 Å². The third-order valence-electron chi connectivity index (χ3n) is 1.57. The highest BCUT2D eigenvalue weighted by atomic mass is 35.5. The van der Waals surface area contributed by atoms with Crippen molar-refractivity contribution in [1.82, 2.24) is 10.3 Å². The van der Waals surface area contributed by atoms with Gasteiger partial charge in [0.2, 0.25) is 0 Å². The van der Waals surface area contributed by atoms with Crippen LogP contribution in [0.15, 0.2) is 5.10 Å². The molecule has 0 saturated heterocycles. The highest BCUT2D eigenvalue weighted by Crippen LogP contribution is 2.08. The summed E-state index contributed by atoms with van der Waals surface area (Å²) in [6, 6.07) is 0. The molecule has 2 N–H and O–H groups in total. The number of alkyl halides is 1. The summed E-state index contributed by atoms with van der Waals surface area (Å²) in [7, 11) is 0. The van der Waals surface area contributed by atoms with Gasteiger partial charge in [-0.25, -0.2) is 0 Å². The number of halogens is 1. The zero-order chi connectivity index (χ0) is 8.27. The van der Waals surface area contributed by atoms with E-state index in [1.54, 1.807) is 6.21 Å². The lowest BCUT2D eigenvalue weighted by atomic mass is 10.4. The molecule has 1 heterocycles. The third-order valence-corrected chi connectivity index (χ3v) is 1.70. The van der Waals surface area contributed by atoms with Gasteiger partial charge in [-0.2, -0.15) is 5.10 Å². The smallest absolute Gasteiger partial charge is 0.184 e. The molecule has 1 aliphatic heterocycles. The summed E-state index contributed by atoms with van der Waals surface area (Å²) >= 11 is 5.34. The Labute approximate surface area is 70.8 Å². The zero-order valence-corrected chi connectivity index (χ0v) is 7.12. The van der Waals surface area contributed by atoms with Gasteiger partial charge in [0.15, 0.2) is 5.69 Å². The van der Waals surface area contributed by atoms with Gasteiger partial charge in [-0.1, -0.05) is 11.6 Å². The van der Waals surface area contributed by atoms with Gasteiger partial charge in [0, 0.05) is 19.2 Å². The first kappa shape index (κ1) is 8.77. The van der Waals surface area contributed by atoms with Crippen LogP contribution in [0.2, 0.25) is 0 Å². The van der Waals surface area contributed by atoms with E-state index in [1.807, 2.05) is 11.9 Å². The molecule has 0 fully saturated rings. The molecule has 0 aromatic rings. The van der Waals surface area contributed by atoms with Crippen molar-refractivity contribution in [2.24, 2.45) is 5.10 Å². The van der Waals surface area contributed by atoms with Crippen LogP contribution >= 0.6 is 11.6 Å². The van der Waals surface area contributed by atoms with Crippen molar-refractivity contribution >= 4 is 17.8 Å². The first-order valence-electron chi connectivity index (χ1n) is 3.61. The second-order valence-corrected chi connectivity index (χ2v) is 2.72. The highest BCUT2D eigenvalue weighted by molar-refractivity contribution is 6.19. The van der Waals surface area contributed by atoms with Crippen molar-refractivity contribution in [3.63, 3.8) is 0 Å². The maximum absolute atomic E-state index is 8.80. The molecule has 11 heavy (non-hydrogen) atoms. The lowest BCUT2D eigenvalue weighted by Gasteiger charge is -2.23. The van der Waals surface area contributed by atoms with E-state index in [0.29, 0.717) is 0 Å². The molecule has 2 atom stereocenters. The van der Waals surface area contributed by atoms with Crippen molar-refractivity contribution in [1.29, 1.82) is 0 Å². The zero-order valence-electron chi connectivity index (χ0n) is 6.37. The Morgan fingerprint density at radius 2 is 2.73 bits per heavy atom. The Bertz CT molecular complexity index is 151. The van der Waals surface area contributed by atoms with Crippen LogP contribution in [0.4, 0.5) is 0 Å². The first-order chi connectivity index (χ1) is 5.24. The summed E-state index contributed by atoms with van der Waals surface area (Å²) in [4.78, 5) is 0. The van der Waals surface area contributed by atoms with E-state index in [0.717, 1.165) is 13.0 Å². The Balaban J connectivity index is 2.35. The minimum absolute atomic E-state index is 0.0486. The predicted octanol–water partition coefficient (Wildman–Crippen LogP) is 0.128. The quantitative estimate of drug-likeness (QED) is 0.366. The Morgan fingerprint density at radius 3 is 3.27 bits per heavy atom. The van der Waals surface area contributed by atoms with E-state index in [9.17, 15) is 0 Å². The fraction of sp³-hybridized carbons (Fsp3) is 0.833. The first-order valence-corrected chi connectivity index (χ1v) is 4.05. The van der Waals surface area contributed by atoms with Crippen molar-refractivity contribution in [2.45, 2.75) is 25.2 Å². The third kappa shape index (κ3) is 2.32. The lowest BCUT2D eigenvalue weighted by Crippen LogP contribution is -2.43. The number of hydrogen-bond donors (Lipinski definition) is 2. The maximum atomic E-state index is 8.80. The highest BCUT2D eigenvalue weighted by Gasteiger charge is 2.19. The molecule has 0 bridgehead atoms. The molecule has 0 aromatic heterocycles. The standard InChI is InChI=1S/C6H12ClN3O/c1-2-10-5(3-4-8-10)9-6(7)11/h4-6,9,11H,2-3H2,1H3. The minimum atomic E-state index is -0.990. The maximum Gasteiger partial charge on any atom is 0.184 e. The number of hydrazone groups is 1. The average molecular weight is 178 g/mol. The molecule has 0 aliphatic carbocycles. The second kappa shape index (κ2) is 3.90. The molecule has 0 aromatic carbocycles. The summed E-state index contributed by atoms with van der Waals surface area (Å²) in [6.45, 7) is 2.82. The fourth-order valence-corrected chi connectivity index (χ4v) is 1.21. The second-order valence-electron chi connectivity index (χ2n) is 2.31. The normalized spacial score (nSPS) is 26.1. The van der Waals surface area contributed by atoms with Crippen LogP contribution < -0.4 is 5.32 Å². The summed E-state index contributed by atoms with van der Waals surface area (Å²) in [5, 5.41) is 17.5. The summed E-state index contributed by atoms with van der Waals surface area (Å²) < 4.78 is 0. The predicted molar refractivity (Wildman–Crippen MR) is 44.3 cm³/mol. The minimum Gasteiger partial charge on any atom is -0.365 e. The Hall–Kier alpha value is -0.320. The molecule has 5 heteroatoms. The number of nitrogens with zero attached hydrogens (tertiary/aromatic N) is 2. The average Bonchev–Trinajstić information content (AvgIpc) is 2.34. The van der Waals surface area contributed by atoms with Crippen LogP contribution in [0.25, 0.3) is 0 Å². The molecule has 0 saturated carbocycles. The van der Waals surface area contributed by atoms with E-state index in [4.69, 9.17) is 16.7 Å². The van der Waals surface area contributed by atoms with Crippen molar-refractivity contribution < 1.29 is 5.11 Å². The number of hydrogen-bond acceptors (Lipinski definition) is 4. The number of nitrogens with one attached hydrogen (secondary N) is 1. The molecule has 64 valence electrons. The molecular weight excluding hydrogens is 166 g/mol. The SMILES string of the molecule is CCN1N=CCC1NC(O)Cl. The van der Waals surface area contributed by atoms with E-state index in [2.05, 4.69) is 10.4 Å². The van der Waals surface area contributed by atoms with Gasteiger partial charge in [0.25, 0.3) is 0 Å². The van der Waals surface area contributed by atoms with Gasteiger partial charge in [0.05, 0.1) is 0 Å². The van der Waals surface area contributed by atoms with E-state index in [-0.39, 0.29) is 6.17 Å². The van der Waals surface area contributed by atoms with Crippen LogP contribution in [-0.4, -0.2) is 34.7 Å². The fourth-order valence-electron chi connectivity index (χ4n) is 1.07. The van der Waals surface area contributed by atoms with E-state index >= 15 is 0 Å². The van der Waals surface area contributed by atoms with E-state index in [1.165, 1.54) is 0 Å². The monoisotopic (exact) mass is 177 g/mol. The largest absolute Gasteiger partial charge is 0.365 e. The van der Waals surface area contributed by atoms with Crippen LogP contribution in [-0.2, 0) is 0 Å². The van der Waals surface area contributed by atoms with Gasteiger partial charge in [0.1, 0.15) is 6.17 Å². The van der Waals surface area contributed by atoms with Crippen LogP contribution in [0, 0.1) is 0 Å². The van der Waals surface area contributed by atoms with Gasteiger partial charge in [-0.3, -0.25) is 10.3 Å². The number of aliphatic hydroxyl groups is 1. The summed E-state index contributed by atoms with van der Waals surface area (Å²) in [5.41, 5.74) is -0.990. The van der Waals surface area contributed by atoms with Crippen molar-refractivity contribution in [3.8, 4) is 0 Å². The lowest BCUT2D eigenvalue weighted by molar-refractivity contribution is 0.129. The molecule has 0 amide bonds. The molecule has 1 rings (SSSR count). The van der Waals surface area contributed by atoms with Gasteiger partial charge in [-0.05, 0) is 6.92 Å².